The molecule has 2 aromatic rings. The third-order valence-electron chi connectivity index (χ3n) is 3.13. The second-order valence-corrected chi connectivity index (χ2v) is 4.59. The van der Waals surface area contributed by atoms with Crippen LogP contribution >= 0.6 is 0 Å². The second-order valence-electron chi connectivity index (χ2n) is 4.59. The number of nitrogens with zero attached hydrogens (tertiary/aromatic N) is 1. The molecule has 0 saturated carbocycles. The normalized spacial score (nSPS) is 10.5. The zero-order valence-corrected chi connectivity index (χ0v) is 12.9. The van der Waals surface area contributed by atoms with Gasteiger partial charge in [0, 0.05) is 11.6 Å². The fraction of sp³-hybridized carbons (Fsp3) is 0.176. The summed E-state index contributed by atoms with van der Waals surface area (Å²) in [5.41, 5.74) is 1.51. The first-order valence-corrected chi connectivity index (χ1v) is 6.89. The molecule has 0 radical (unpaired) electrons. The predicted molar refractivity (Wildman–Crippen MR) is 86.3 cm³/mol. The van der Waals surface area contributed by atoms with Gasteiger partial charge in [-0.05, 0) is 17.7 Å². The molecular formula is C17H17NO5. The highest BCUT2D eigenvalue weighted by Crippen LogP contribution is 2.40. The summed E-state index contributed by atoms with van der Waals surface area (Å²) in [4.78, 5) is 10.0. The average molecular weight is 315 g/mol. The summed E-state index contributed by atoms with van der Waals surface area (Å²) in [5, 5.41) is 10.6. The minimum Gasteiger partial charge on any atom is -0.493 e. The van der Waals surface area contributed by atoms with Crippen molar-refractivity contribution in [1.29, 1.82) is 0 Å². The zero-order chi connectivity index (χ0) is 16.7. The molecule has 23 heavy (non-hydrogen) atoms. The van der Waals surface area contributed by atoms with Gasteiger partial charge >= 0.3 is 0 Å². The van der Waals surface area contributed by atoms with Crippen LogP contribution in [0.4, 0.5) is 0 Å². The minimum atomic E-state index is -0.530. The fourth-order valence-corrected chi connectivity index (χ4v) is 2.06. The van der Waals surface area contributed by atoms with Crippen LogP contribution in [0.2, 0.25) is 0 Å². The molecule has 0 aliphatic heterocycles. The Morgan fingerprint density at radius 3 is 2.39 bits per heavy atom. The quantitative estimate of drug-likeness (QED) is 0.577. The van der Waals surface area contributed by atoms with Gasteiger partial charge in [0.1, 0.15) is 6.61 Å². The highest BCUT2D eigenvalue weighted by molar-refractivity contribution is 5.66. The number of benzene rings is 2. The molecule has 0 N–H and O–H groups in total. The largest absolute Gasteiger partial charge is 0.493 e. The molecule has 120 valence electrons. The van der Waals surface area contributed by atoms with E-state index in [2.05, 4.69) is 0 Å². The van der Waals surface area contributed by atoms with E-state index in [4.69, 9.17) is 14.2 Å². The van der Waals surface area contributed by atoms with Gasteiger partial charge in [0.05, 0.1) is 19.1 Å². The van der Waals surface area contributed by atoms with Crippen molar-refractivity contribution < 1.29 is 19.1 Å². The molecule has 0 bridgehead atoms. The molecule has 0 amide bonds. The Balaban J connectivity index is 2.37. The van der Waals surface area contributed by atoms with Crippen LogP contribution in [0.15, 0.2) is 48.7 Å². The van der Waals surface area contributed by atoms with E-state index in [0.717, 1.165) is 11.8 Å². The molecule has 0 aromatic heterocycles. The lowest BCUT2D eigenvalue weighted by Gasteiger charge is -2.16. The van der Waals surface area contributed by atoms with Gasteiger partial charge in [-0.2, -0.15) is 0 Å². The lowest BCUT2D eigenvalue weighted by molar-refractivity contribution is -0.400. The third-order valence-corrected chi connectivity index (χ3v) is 3.13. The topological polar surface area (TPSA) is 70.8 Å². The van der Waals surface area contributed by atoms with Gasteiger partial charge in [-0.1, -0.05) is 30.3 Å². The Bertz CT molecular complexity index is 698. The van der Waals surface area contributed by atoms with Crippen LogP contribution in [-0.4, -0.2) is 19.1 Å². The molecule has 2 rings (SSSR count). The van der Waals surface area contributed by atoms with Gasteiger partial charge in [-0.25, -0.2) is 0 Å². The second kappa shape index (κ2) is 7.84. The van der Waals surface area contributed by atoms with Crippen molar-refractivity contribution in [3.05, 3.63) is 69.9 Å². The van der Waals surface area contributed by atoms with Crippen LogP contribution in [0.25, 0.3) is 6.08 Å². The first-order valence-electron chi connectivity index (χ1n) is 6.89. The maximum absolute atomic E-state index is 10.6. The molecule has 0 heterocycles. The summed E-state index contributed by atoms with van der Waals surface area (Å²) in [6.07, 6.45) is 2.22. The van der Waals surface area contributed by atoms with Gasteiger partial charge in [-0.15, -0.1) is 0 Å². The summed E-state index contributed by atoms with van der Waals surface area (Å²) < 4.78 is 16.4. The number of hydrogen-bond acceptors (Lipinski definition) is 5. The van der Waals surface area contributed by atoms with E-state index in [0.29, 0.717) is 29.4 Å². The van der Waals surface area contributed by atoms with Gasteiger partial charge < -0.3 is 14.2 Å². The summed E-state index contributed by atoms with van der Waals surface area (Å²) in [6, 6.07) is 13.0. The minimum absolute atomic E-state index is 0.309. The molecular weight excluding hydrogens is 298 g/mol. The van der Waals surface area contributed by atoms with Crippen molar-refractivity contribution in [3.63, 3.8) is 0 Å². The highest BCUT2D eigenvalue weighted by atomic mass is 16.6. The van der Waals surface area contributed by atoms with Crippen LogP contribution in [-0.2, 0) is 6.61 Å². The molecule has 6 heteroatoms. The van der Waals surface area contributed by atoms with Crippen LogP contribution in [0, 0.1) is 10.1 Å². The molecule has 2 aromatic carbocycles. The number of ether oxygens (including phenoxy) is 3. The smallest absolute Gasteiger partial charge is 0.235 e. The van der Waals surface area contributed by atoms with Gasteiger partial charge in [-0.3, -0.25) is 10.1 Å². The highest BCUT2D eigenvalue weighted by Gasteiger charge is 2.16. The van der Waals surface area contributed by atoms with Crippen molar-refractivity contribution >= 4 is 6.08 Å². The Labute approximate surface area is 134 Å². The van der Waals surface area contributed by atoms with E-state index in [1.807, 2.05) is 30.3 Å². The van der Waals surface area contributed by atoms with E-state index in [1.165, 1.54) is 20.3 Å². The Morgan fingerprint density at radius 2 is 1.78 bits per heavy atom. The standard InChI is InChI=1S/C17H17NO5/c1-21-15-9-8-14(10-11-18(19)20)16(17(15)22-2)23-12-13-6-4-3-5-7-13/h3-11H,12H2,1-2H3. The van der Waals surface area contributed by atoms with E-state index < -0.39 is 4.92 Å². The van der Waals surface area contributed by atoms with Crippen molar-refractivity contribution in [2.24, 2.45) is 0 Å². The summed E-state index contributed by atoms with van der Waals surface area (Å²) in [6.45, 7) is 0.309. The fourth-order valence-electron chi connectivity index (χ4n) is 2.06. The van der Waals surface area contributed by atoms with Crippen LogP contribution < -0.4 is 14.2 Å². The van der Waals surface area contributed by atoms with E-state index in [-0.39, 0.29) is 0 Å². The third kappa shape index (κ3) is 4.23. The first-order chi connectivity index (χ1) is 11.2. The molecule has 0 saturated heterocycles. The molecule has 0 spiro atoms. The summed E-state index contributed by atoms with van der Waals surface area (Å²) in [5.74, 6) is 1.29. The Hall–Kier alpha value is -3.02. The number of hydrogen-bond donors (Lipinski definition) is 0. The van der Waals surface area contributed by atoms with Crippen molar-refractivity contribution in [3.8, 4) is 17.2 Å². The maximum atomic E-state index is 10.6. The zero-order valence-electron chi connectivity index (χ0n) is 12.9. The van der Waals surface area contributed by atoms with Crippen LogP contribution in [0.5, 0.6) is 17.2 Å². The van der Waals surface area contributed by atoms with Gasteiger partial charge in [0.2, 0.25) is 11.9 Å². The van der Waals surface area contributed by atoms with Crippen LogP contribution in [0.3, 0.4) is 0 Å². The Morgan fingerprint density at radius 1 is 1.04 bits per heavy atom. The maximum Gasteiger partial charge on any atom is 0.235 e. The van der Waals surface area contributed by atoms with Crippen molar-refractivity contribution in [2.75, 3.05) is 14.2 Å². The Kier molecular flexibility index (Phi) is 5.57. The van der Waals surface area contributed by atoms with Gasteiger partial charge in [0.25, 0.3) is 0 Å². The van der Waals surface area contributed by atoms with Gasteiger partial charge in [0.15, 0.2) is 11.5 Å². The summed E-state index contributed by atoms with van der Waals surface area (Å²) >= 11 is 0. The number of nitro groups is 1. The molecule has 0 atom stereocenters. The lowest BCUT2D eigenvalue weighted by atomic mass is 10.1. The molecule has 0 aliphatic rings. The number of rotatable bonds is 7. The van der Waals surface area contributed by atoms with E-state index in [9.17, 15) is 10.1 Å². The summed E-state index contributed by atoms with van der Waals surface area (Å²) in [7, 11) is 3.01. The lowest BCUT2D eigenvalue weighted by Crippen LogP contribution is -2.01. The first kappa shape index (κ1) is 16.4. The van der Waals surface area contributed by atoms with E-state index >= 15 is 0 Å². The van der Waals surface area contributed by atoms with Crippen LogP contribution in [0.1, 0.15) is 11.1 Å². The molecule has 6 nitrogen and oxygen atoms in total. The predicted octanol–water partition coefficient (Wildman–Crippen LogP) is 3.53. The number of methoxy groups -OCH3 is 2. The monoisotopic (exact) mass is 315 g/mol. The van der Waals surface area contributed by atoms with E-state index in [1.54, 1.807) is 12.1 Å². The SMILES string of the molecule is COc1ccc(C=C[N+](=O)[O-])c(OCc2ccccc2)c1OC. The molecule has 0 aliphatic carbocycles. The molecule has 0 unspecified atom stereocenters. The van der Waals surface area contributed by atoms with Crippen molar-refractivity contribution in [1.82, 2.24) is 0 Å². The molecule has 0 fully saturated rings. The van der Waals surface area contributed by atoms with Crippen molar-refractivity contribution in [2.45, 2.75) is 6.61 Å². The average Bonchev–Trinajstić information content (AvgIpc) is 2.58.